The molecule has 0 amide bonds. The standard InChI is InChI=1S/C14H16NO4.C13H13Br2NO4.C12H18P2.C11H15P.C2H6P.4U/c1-8-9-5-12(14(17)19-4)15(2)11(9)6-13(18-3)10(8)7-16;1-16-8(13(18)20-3)4-6-9(14)7(5-17)12(19-2)10(15)11(6)16;1-7-8(2)12(14-6)10(4)9(3)11(7)13-5;1-7-6-8(2)10(4)11(12-5)9(7)3;1-3-2;;;;/h5,16H,7H2,1-4H3;4,17H,5H2,1-3H3;13-14H,5-6H2,1-4H3;12H,5H2,1-4H3;3H,1H2,2H3;;;;/q-1;;2*-2;-1;;;2*+2. The maximum absolute atomic E-state index is 11.8. The number of ether oxygens (including phenoxy) is 4. The summed E-state index contributed by atoms with van der Waals surface area (Å²) in [4.78, 5) is 23.5. The number of hydrogen-bond donors (Lipinski definition) is 2. The number of benzene rings is 4. The first kappa shape index (κ1) is 77.5. The van der Waals surface area contributed by atoms with Crippen LogP contribution >= 0.6 is 66.2 Å². The van der Waals surface area contributed by atoms with E-state index in [-0.39, 0.29) is 138 Å². The van der Waals surface area contributed by atoms with Crippen LogP contribution in [0.5, 0.6) is 11.5 Å². The van der Waals surface area contributed by atoms with Gasteiger partial charge in [0.15, 0.2) is 0 Å². The molecule has 4 unspecified atom stereocenters. The number of methoxy groups -OCH3 is 4. The molecule has 0 aliphatic carbocycles. The second-order valence-corrected chi connectivity index (χ2v) is 20.4. The molecule has 0 saturated heterocycles. The van der Waals surface area contributed by atoms with Crippen LogP contribution in [0.2, 0.25) is 0 Å². The monoisotopic (exact) mass is 2080 g/mol. The number of halogens is 2. The molecule has 2 heterocycles. The fourth-order valence-electron chi connectivity index (χ4n) is 7.65. The van der Waals surface area contributed by atoms with Crippen molar-refractivity contribution in [3.8, 4) is 11.5 Å². The Morgan fingerprint density at radius 1 is 0.597 bits per heavy atom. The summed E-state index contributed by atoms with van der Waals surface area (Å²) in [5.74, 6) is 0.192. The maximum Gasteiger partial charge on any atom is 2.00 e. The van der Waals surface area contributed by atoms with Gasteiger partial charge in [-0.15, -0.1) is 17.0 Å². The van der Waals surface area contributed by atoms with Crippen molar-refractivity contribution in [3.05, 3.63) is 132 Å². The molecule has 4 atom stereocenters. The summed E-state index contributed by atoms with van der Waals surface area (Å²) in [5.41, 5.74) is 15.5. The van der Waals surface area contributed by atoms with Crippen molar-refractivity contribution in [1.82, 2.24) is 9.13 Å². The van der Waals surface area contributed by atoms with Crippen LogP contribution in [-0.2, 0) is 36.8 Å². The van der Waals surface area contributed by atoms with E-state index < -0.39 is 11.9 Å². The molecule has 6 rings (SSSR count). The molecule has 0 fully saturated rings. The molecular formula is C52H68Br2N2O8P4U4-2. The summed E-state index contributed by atoms with van der Waals surface area (Å²) in [6.07, 6.45) is 0. The van der Waals surface area contributed by atoms with Gasteiger partial charge in [-0.1, -0.05) is 69.0 Å². The molecular weight excluding hydrogens is 2020 g/mol. The van der Waals surface area contributed by atoms with Gasteiger partial charge >= 0.3 is 74.2 Å². The number of rotatable bonds is 9. The van der Waals surface area contributed by atoms with Crippen molar-refractivity contribution in [1.29, 1.82) is 0 Å². The van der Waals surface area contributed by atoms with Crippen LogP contribution in [0, 0.1) is 226 Å². The van der Waals surface area contributed by atoms with E-state index in [0.717, 1.165) is 35.9 Å². The number of fused-ring (bicyclic) bond motifs is 2. The van der Waals surface area contributed by atoms with E-state index in [1.807, 2.05) is 13.6 Å². The molecule has 2 N–H and O–H groups in total. The van der Waals surface area contributed by atoms with Gasteiger partial charge in [-0.3, -0.25) is 34.3 Å². The molecule has 386 valence electrons. The first-order valence-corrected chi connectivity index (χ1v) is 28.1. The van der Waals surface area contributed by atoms with Crippen molar-refractivity contribution < 1.29 is 163 Å². The molecule has 0 aliphatic heterocycles. The van der Waals surface area contributed by atoms with Crippen LogP contribution in [0.15, 0.2) is 21.1 Å². The van der Waals surface area contributed by atoms with Gasteiger partial charge in [-0.25, -0.2) is 9.59 Å². The number of hydrogen-bond acceptors (Lipinski definition) is 8. The summed E-state index contributed by atoms with van der Waals surface area (Å²) in [6.45, 7) is 36.5. The minimum absolute atomic E-state index is 0. The smallest absolute Gasteiger partial charge is 0.522 e. The topological polar surface area (TPSA) is 121 Å². The zero-order valence-corrected chi connectivity index (χ0v) is 68.2. The van der Waals surface area contributed by atoms with E-state index in [1.54, 1.807) is 35.4 Å². The Morgan fingerprint density at radius 2 is 0.972 bits per heavy atom. The SMILES string of the molecule is COC(=O)c1cc2c(Br)c(CO)c(OC)c(Br)c2n1C.COC(=O)c1cc2c(C)c(CO)c(OC)[c-]c2n1C.[CH2-]PC.[CH2-]Pc1c(C)c(C)[c-]c(C)c1C.[CH2-]Pc1c(C)c(C)c(P[CH2-])c(C)c1C.[U+2].[U+2].[U].[U]. The normalized spacial score (nSPS) is 10.6. The fraction of sp³-hybridized carbons (Fsp3) is 0.346. The van der Waals surface area contributed by atoms with Gasteiger partial charge in [0.1, 0.15) is 17.1 Å². The Morgan fingerprint density at radius 3 is 1.32 bits per heavy atom. The van der Waals surface area contributed by atoms with Crippen molar-refractivity contribution >= 4 is 116 Å². The minimum atomic E-state index is -0.424. The third kappa shape index (κ3) is 18.2. The maximum atomic E-state index is 11.8. The number of esters is 2. The Balaban J connectivity index is -0.000000864. The van der Waals surface area contributed by atoms with Gasteiger partial charge in [0.25, 0.3) is 0 Å². The second-order valence-electron chi connectivity index (χ2n) is 15.5. The zero-order valence-electron chi connectivity index (χ0n) is 44.4. The van der Waals surface area contributed by atoms with Gasteiger partial charge in [0.05, 0.1) is 45.0 Å². The number of aromatic nitrogens is 2. The average molecular weight is 2080 g/mol. The molecule has 0 bridgehead atoms. The van der Waals surface area contributed by atoms with E-state index >= 15 is 0 Å². The number of carbonyl (C=O) groups is 2. The van der Waals surface area contributed by atoms with Crippen molar-refractivity contribution in [2.75, 3.05) is 35.1 Å². The number of carbonyl (C=O) groups excluding carboxylic acids is 2. The first-order chi connectivity index (χ1) is 32.0. The average Bonchev–Trinajstić information content (AvgIpc) is 3.86. The van der Waals surface area contributed by atoms with Crippen LogP contribution < -0.4 is 25.4 Å². The van der Waals surface area contributed by atoms with Crippen molar-refractivity contribution in [3.63, 3.8) is 0 Å². The molecule has 10 nitrogen and oxygen atoms in total. The molecule has 72 heavy (non-hydrogen) atoms. The summed E-state index contributed by atoms with van der Waals surface area (Å²) < 4.78 is 24.9. The summed E-state index contributed by atoms with van der Waals surface area (Å²) >= 11 is 6.93. The van der Waals surface area contributed by atoms with Gasteiger partial charge < -0.3 is 65.0 Å². The third-order valence-electron chi connectivity index (χ3n) is 11.9. The van der Waals surface area contributed by atoms with E-state index in [1.165, 1.54) is 88.9 Å². The van der Waals surface area contributed by atoms with Gasteiger partial charge in [-0.05, 0) is 87.9 Å². The molecule has 20 heteroatoms. The van der Waals surface area contributed by atoms with Crippen molar-refractivity contribution in [2.45, 2.75) is 75.5 Å². The van der Waals surface area contributed by atoms with Crippen LogP contribution in [0.1, 0.15) is 82.2 Å². The summed E-state index contributed by atoms with van der Waals surface area (Å²) in [6, 6.07) is 9.89. The number of aryl methyl sites for hydroxylation is 5. The molecule has 0 spiro atoms. The largest absolute Gasteiger partial charge is 2.00 e. The molecule has 0 radical (unpaired) electrons. The Kier molecular flexibility index (Phi) is 40.1. The van der Waals surface area contributed by atoms with Crippen LogP contribution in [-0.4, -0.2) is 66.4 Å². The Bertz CT molecular complexity index is 2680. The van der Waals surface area contributed by atoms with Gasteiger partial charge in [0.2, 0.25) is 0 Å². The van der Waals surface area contributed by atoms with E-state index in [2.05, 4.69) is 126 Å². The molecule has 6 aromatic rings. The molecule has 2 aromatic heterocycles. The first-order valence-electron chi connectivity index (χ1n) is 21.2. The predicted octanol–water partition coefficient (Wildman–Crippen LogP) is 11.6. The summed E-state index contributed by atoms with van der Waals surface area (Å²) in [5, 5.41) is 24.9. The molecule has 0 aliphatic rings. The molecule has 4 aromatic carbocycles. The zero-order chi connectivity index (χ0) is 52.1. The van der Waals surface area contributed by atoms with E-state index in [0.29, 0.717) is 68.7 Å². The number of nitrogens with zero attached hydrogens (tertiary/aromatic N) is 2. The predicted molar refractivity (Wildman–Crippen MR) is 302 cm³/mol. The Labute approximate surface area is 549 Å². The second kappa shape index (κ2) is 37.3. The van der Waals surface area contributed by atoms with Crippen LogP contribution in [0.25, 0.3) is 21.8 Å². The minimum Gasteiger partial charge on any atom is -0.522 e. The Hall–Kier alpha value is 1.31. The number of aliphatic hydroxyl groups excluding tert-OH is 2. The molecule has 0 saturated carbocycles. The van der Waals surface area contributed by atoms with E-state index in [9.17, 15) is 19.8 Å². The third-order valence-corrected chi connectivity index (χ3v) is 16.9. The quantitative estimate of drug-likeness (QED) is 0.0834. The van der Waals surface area contributed by atoms with Crippen LogP contribution in [0.4, 0.5) is 0 Å². The van der Waals surface area contributed by atoms with E-state index in [4.69, 9.17) is 18.9 Å². The fourth-order valence-corrected chi connectivity index (χ4v) is 11.9. The van der Waals surface area contributed by atoms with Crippen molar-refractivity contribution in [2.24, 2.45) is 14.1 Å². The van der Waals surface area contributed by atoms with Crippen LogP contribution in [0.3, 0.4) is 0 Å². The van der Waals surface area contributed by atoms with Gasteiger partial charge in [0, 0.05) is 104 Å². The summed E-state index contributed by atoms with van der Waals surface area (Å²) in [7, 11) is 12.1. The van der Waals surface area contributed by atoms with Gasteiger partial charge in [-0.2, -0.15) is 33.6 Å². The number of aliphatic hydroxyl groups is 2.